The Balaban J connectivity index is 1.18. The Bertz CT molecular complexity index is 1300. The molecule has 37 heavy (non-hydrogen) atoms. The second-order valence-corrected chi connectivity index (χ2v) is 9.85. The Morgan fingerprint density at radius 2 is 1.78 bits per heavy atom. The molecule has 1 N–H and O–H groups in total. The van der Waals surface area contributed by atoms with E-state index >= 15 is 0 Å². The first-order valence-corrected chi connectivity index (χ1v) is 13.1. The van der Waals surface area contributed by atoms with E-state index in [1.54, 1.807) is 12.1 Å². The number of esters is 1. The van der Waals surface area contributed by atoms with Crippen LogP contribution in [0.3, 0.4) is 0 Å². The number of ether oxygens (including phenoxy) is 3. The third-order valence-corrected chi connectivity index (χ3v) is 6.95. The number of nitrogens with one attached hydrogen (secondary N) is 1. The molecule has 0 saturated carbocycles. The molecule has 1 unspecified atom stereocenters. The molecule has 6 nitrogen and oxygen atoms in total. The van der Waals surface area contributed by atoms with Gasteiger partial charge in [-0.15, -0.1) is 0 Å². The van der Waals surface area contributed by atoms with Crippen molar-refractivity contribution in [3.05, 3.63) is 95.6 Å². The summed E-state index contributed by atoms with van der Waals surface area (Å²) in [6.45, 7) is 3.39. The van der Waals surface area contributed by atoms with Crippen molar-refractivity contribution in [1.29, 1.82) is 0 Å². The zero-order chi connectivity index (χ0) is 25.5. The minimum atomic E-state index is -0.402. The normalized spacial score (nSPS) is 15.4. The monoisotopic (exact) mass is 518 g/mol. The first kappa shape index (κ1) is 25.2. The number of aromatic nitrogens is 1. The molecule has 0 amide bonds. The number of likely N-dealkylation sites (tertiary alicyclic amines) is 1. The molecular weight excluding hydrogens is 488 g/mol. The highest BCUT2D eigenvalue weighted by Crippen LogP contribution is 2.26. The second-order valence-electron chi connectivity index (χ2n) is 9.41. The number of aromatic amines is 1. The van der Waals surface area contributed by atoms with Gasteiger partial charge in [-0.2, -0.15) is 0 Å². The van der Waals surface area contributed by atoms with E-state index in [1.165, 1.54) is 0 Å². The van der Waals surface area contributed by atoms with E-state index in [0.717, 1.165) is 48.3 Å². The fourth-order valence-electron chi connectivity index (χ4n) is 4.68. The lowest BCUT2D eigenvalue weighted by Crippen LogP contribution is -2.43. The molecule has 4 aromatic rings. The van der Waals surface area contributed by atoms with Crippen molar-refractivity contribution in [2.45, 2.75) is 18.9 Å². The van der Waals surface area contributed by atoms with Crippen LogP contribution in [0.25, 0.3) is 10.9 Å². The van der Waals surface area contributed by atoms with Crippen molar-refractivity contribution in [3.63, 3.8) is 0 Å². The summed E-state index contributed by atoms with van der Waals surface area (Å²) in [6.07, 6.45) is 3.53. The van der Waals surface area contributed by atoms with Gasteiger partial charge < -0.3 is 19.2 Å². The maximum Gasteiger partial charge on any atom is 0.338 e. The van der Waals surface area contributed by atoms with Crippen molar-refractivity contribution < 1.29 is 19.0 Å². The number of carbonyl (C=O) groups is 1. The van der Waals surface area contributed by atoms with E-state index in [1.807, 2.05) is 72.9 Å². The molecule has 1 aromatic heterocycles. The first-order chi connectivity index (χ1) is 18.1. The lowest BCUT2D eigenvalue weighted by molar-refractivity contribution is 0.00130. The number of hydrogen-bond acceptors (Lipinski definition) is 5. The number of halogens is 1. The van der Waals surface area contributed by atoms with Gasteiger partial charge in [0.05, 0.1) is 12.2 Å². The SMILES string of the molecule is O=C(OC(COc1cccc2[nH]ccc12)CN1CCC(COc2cccc(Cl)c2)CC1)c1ccccc1. The van der Waals surface area contributed by atoms with E-state index in [4.69, 9.17) is 25.8 Å². The van der Waals surface area contributed by atoms with Crippen LogP contribution < -0.4 is 9.47 Å². The number of hydrogen-bond donors (Lipinski definition) is 1. The smallest absolute Gasteiger partial charge is 0.338 e. The Hall–Kier alpha value is -3.48. The molecule has 1 atom stereocenters. The Morgan fingerprint density at radius 1 is 0.973 bits per heavy atom. The van der Waals surface area contributed by atoms with Crippen molar-refractivity contribution in [2.75, 3.05) is 32.8 Å². The van der Waals surface area contributed by atoms with Gasteiger partial charge in [0.1, 0.15) is 24.2 Å². The zero-order valence-electron chi connectivity index (χ0n) is 20.6. The van der Waals surface area contributed by atoms with Gasteiger partial charge in [-0.1, -0.05) is 41.9 Å². The predicted octanol–water partition coefficient (Wildman–Crippen LogP) is 6.22. The molecular formula is C30H31ClN2O4. The Morgan fingerprint density at radius 3 is 2.59 bits per heavy atom. The minimum absolute atomic E-state index is 0.278. The van der Waals surface area contributed by atoms with E-state index in [9.17, 15) is 4.79 Å². The molecule has 1 aliphatic rings. The quantitative estimate of drug-likeness (QED) is 0.253. The second kappa shape index (κ2) is 12.2. The van der Waals surface area contributed by atoms with Crippen molar-refractivity contribution in [2.24, 2.45) is 5.92 Å². The van der Waals surface area contributed by atoms with Crippen LogP contribution in [0.1, 0.15) is 23.2 Å². The summed E-state index contributed by atoms with van der Waals surface area (Å²) in [5.74, 6) is 1.72. The number of fused-ring (bicyclic) bond motifs is 1. The third-order valence-electron chi connectivity index (χ3n) is 6.71. The minimum Gasteiger partial charge on any atom is -0.493 e. The molecule has 0 radical (unpaired) electrons. The summed E-state index contributed by atoms with van der Waals surface area (Å²) in [6, 6.07) is 24.5. The summed E-state index contributed by atoms with van der Waals surface area (Å²) in [5, 5.41) is 1.69. The Kier molecular flexibility index (Phi) is 8.28. The molecule has 2 heterocycles. The van der Waals surface area contributed by atoms with E-state index in [-0.39, 0.29) is 12.6 Å². The summed E-state index contributed by atoms with van der Waals surface area (Å²) in [7, 11) is 0. The molecule has 0 aliphatic carbocycles. The Labute approximate surface area is 222 Å². The van der Waals surface area contributed by atoms with Crippen LogP contribution in [0.5, 0.6) is 11.5 Å². The summed E-state index contributed by atoms with van der Waals surface area (Å²) < 4.78 is 18.1. The molecule has 3 aromatic carbocycles. The average Bonchev–Trinajstić information content (AvgIpc) is 3.42. The number of rotatable bonds is 10. The van der Waals surface area contributed by atoms with E-state index < -0.39 is 6.10 Å². The lowest BCUT2D eigenvalue weighted by Gasteiger charge is -2.34. The third kappa shape index (κ3) is 6.85. The standard InChI is InChI=1S/C30H31ClN2O4/c31-24-8-4-9-25(18-24)35-20-22-13-16-33(17-14-22)19-26(37-30(34)23-6-2-1-3-7-23)21-36-29-11-5-10-28-27(29)12-15-32-28/h1-12,15,18,22,26,32H,13-14,16-17,19-21H2. The number of nitrogens with zero attached hydrogens (tertiary/aromatic N) is 1. The number of H-pyrrole nitrogens is 1. The first-order valence-electron chi connectivity index (χ1n) is 12.7. The lowest BCUT2D eigenvalue weighted by atomic mass is 9.97. The zero-order valence-corrected chi connectivity index (χ0v) is 21.4. The van der Waals surface area contributed by atoms with Gasteiger partial charge >= 0.3 is 5.97 Å². The summed E-state index contributed by atoms with van der Waals surface area (Å²) in [4.78, 5) is 18.4. The highest BCUT2D eigenvalue weighted by molar-refractivity contribution is 6.30. The predicted molar refractivity (Wildman–Crippen MR) is 146 cm³/mol. The van der Waals surface area contributed by atoms with Crippen LogP contribution in [0.15, 0.2) is 85.1 Å². The van der Waals surface area contributed by atoms with E-state index in [0.29, 0.717) is 29.7 Å². The fraction of sp³-hybridized carbons (Fsp3) is 0.300. The summed E-state index contributed by atoms with van der Waals surface area (Å²) in [5.41, 5.74) is 1.55. The van der Waals surface area contributed by atoms with E-state index in [2.05, 4.69) is 9.88 Å². The van der Waals surface area contributed by atoms with Crippen molar-refractivity contribution >= 4 is 28.5 Å². The van der Waals surface area contributed by atoms with Gasteiger partial charge in [0.25, 0.3) is 0 Å². The van der Waals surface area contributed by atoms with Crippen LogP contribution >= 0.6 is 11.6 Å². The number of benzene rings is 3. The largest absolute Gasteiger partial charge is 0.493 e. The molecule has 0 bridgehead atoms. The highest BCUT2D eigenvalue weighted by atomic mass is 35.5. The molecule has 192 valence electrons. The maximum atomic E-state index is 12.8. The van der Waals surface area contributed by atoms with Crippen molar-refractivity contribution in [3.8, 4) is 11.5 Å². The molecule has 7 heteroatoms. The highest BCUT2D eigenvalue weighted by Gasteiger charge is 2.25. The van der Waals surface area contributed by atoms with Gasteiger partial charge in [-0.3, -0.25) is 4.90 Å². The van der Waals surface area contributed by atoms with Gasteiger partial charge in [0.2, 0.25) is 0 Å². The van der Waals surface area contributed by atoms with Gasteiger partial charge in [-0.05, 0) is 80.4 Å². The van der Waals surface area contributed by atoms with Crippen LogP contribution in [0.2, 0.25) is 5.02 Å². The fourth-order valence-corrected chi connectivity index (χ4v) is 4.86. The van der Waals surface area contributed by atoms with Gasteiger partial charge in [-0.25, -0.2) is 4.79 Å². The molecule has 0 spiro atoms. The van der Waals surface area contributed by atoms with Crippen molar-refractivity contribution in [1.82, 2.24) is 9.88 Å². The number of carbonyl (C=O) groups excluding carboxylic acids is 1. The number of piperidine rings is 1. The molecule has 1 fully saturated rings. The van der Waals surface area contributed by atoms with Crippen LogP contribution in [-0.2, 0) is 4.74 Å². The molecule has 1 saturated heterocycles. The molecule has 5 rings (SSSR count). The van der Waals surface area contributed by atoms with Gasteiger partial charge in [0.15, 0.2) is 0 Å². The maximum absolute atomic E-state index is 12.8. The van der Waals surface area contributed by atoms with Crippen LogP contribution in [0.4, 0.5) is 0 Å². The topological polar surface area (TPSA) is 63.8 Å². The van der Waals surface area contributed by atoms with Crippen LogP contribution in [-0.4, -0.2) is 54.8 Å². The average molecular weight is 519 g/mol. The van der Waals surface area contributed by atoms with Crippen LogP contribution in [0, 0.1) is 5.92 Å². The summed E-state index contributed by atoms with van der Waals surface area (Å²) >= 11 is 6.06. The van der Waals surface area contributed by atoms with Gasteiger partial charge in [0, 0.05) is 28.7 Å². The molecule has 1 aliphatic heterocycles.